The molecule has 1 aromatic carbocycles. The molecule has 1 aliphatic carbocycles. The molecule has 13 heteroatoms. The van der Waals surface area contributed by atoms with Gasteiger partial charge in [0, 0.05) is 37.2 Å². The minimum atomic E-state index is -4.87. The summed E-state index contributed by atoms with van der Waals surface area (Å²) >= 11 is 17.8. The van der Waals surface area contributed by atoms with Crippen LogP contribution in [0.25, 0.3) is 0 Å². The summed E-state index contributed by atoms with van der Waals surface area (Å²) in [4.78, 5) is 20.5. The van der Waals surface area contributed by atoms with Gasteiger partial charge < -0.3 is 4.90 Å². The van der Waals surface area contributed by atoms with E-state index in [0.717, 1.165) is 36.1 Å². The van der Waals surface area contributed by atoms with Crippen molar-refractivity contribution >= 4 is 46.5 Å². The number of carbonyl (C=O) groups excluding carboxylic acids is 1. The van der Waals surface area contributed by atoms with Gasteiger partial charge >= 0.3 is 12.4 Å². The van der Waals surface area contributed by atoms with Gasteiger partial charge in [0.2, 0.25) is 5.95 Å². The summed E-state index contributed by atoms with van der Waals surface area (Å²) in [5.74, 6) is -0.691. The third-order valence-corrected chi connectivity index (χ3v) is 7.62. The molecule has 2 aromatic rings. The zero-order valence-corrected chi connectivity index (χ0v) is 20.2. The molecule has 0 N–H and O–H groups in total. The molecule has 4 rings (SSSR count). The number of anilines is 1. The first-order chi connectivity index (χ1) is 16.2. The zero-order valence-electron chi connectivity index (χ0n) is 17.9. The van der Waals surface area contributed by atoms with Crippen molar-refractivity contribution in [1.29, 1.82) is 0 Å². The summed E-state index contributed by atoms with van der Waals surface area (Å²) in [5.41, 5.74) is -4.25. The number of carbonyl (C=O) groups is 1. The minimum Gasteiger partial charge on any atom is -0.340 e. The molecule has 1 atom stereocenters. The lowest BCUT2D eigenvalue weighted by Crippen LogP contribution is -2.45. The van der Waals surface area contributed by atoms with Crippen LogP contribution in [0.5, 0.6) is 0 Å². The van der Waals surface area contributed by atoms with Crippen LogP contribution in [0.3, 0.4) is 0 Å². The molecular weight excluding hydrogens is 543 g/mol. The Hall–Kier alpha value is -1.78. The van der Waals surface area contributed by atoms with Crippen molar-refractivity contribution in [2.45, 2.75) is 49.9 Å². The number of Topliss-reactive ketones (excluding diaryl/α,β-unsaturated/α-hetero) is 1. The van der Waals surface area contributed by atoms with Crippen molar-refractivity contribution in [2.24, 2.45) is 5.92 Å². The largest absolute Gasteiger partial charge is 0.433 e. The molecule has 1 saturated carbocycles. The Morgan fingerprint density at radius 1 is 1.09 bits per heavy atom. The Labute approximate surface area is 211 Å². The van der Waals surface area contributed by atoms with Gasteiger partial charge in [0.25, 0.3) is 0 Å². The number of halogens is 9. The van der Waals surface area contributed by atoms with Gasteiger partial charge in [-0.3, -0.25) is 4.79 Å². The van der Waals surface area contributed by atoms with E-state index in [9.17, 15) is 31.1 Å². The van der Waals surface area contributed by atoms with Gasteiger partial charge in [0.05, 0.1) is 15.1 Å². The van der Waals surface area contributed by atoms with Gasteiger partial charge in [0.1, 0.15) is 11.2 Å². The van der Waals surface area contributed by atoms with Gasteiger partial charge in [-0.1, -0.05) is 34.8 Å². The lowest BCUT2D eigenvalue weighted by atomic mass is 9.79. The SMILES string of the molecule is O=C(CCc1cnc(N2CCC(c3cc(Cl)c(Cl)c(Cl)c3)(C(F)(F)F)C2)nc1C(F)(F)F)C1CC1. The molecule has 1 aromatic heterocycles. The van der Waals surface area contributed by atoms with E-state index in [1.807, 2.05) is 0 Å². The number of hydrogen-bond donors (Lipinski definition) is 0. The Bertz CT molecular complexity index is 1130. The molecular formula is C22H18Cl3F6N3O. The van der Waals surface area contributed by atoms with Gasteiger partial charge in [-0.05, 0) is 43.4 Å². The highest BCUT2D eigenvalue weighted by molar-refractivity contribution is 6.48. The first kappa shape index (κ1) is 26.3. The average molecular weight is 561 g/mol. The maximum atomic E-state index is 14.3. The smallest absolute Gasteiger partial charge is 0.340 e. The summed E-state index contributed by atoms with van der Waals surface area (Å²) in [6, 6.07) is 2.13. The highest BCUT2D eigenvalue weighted by atomic mass is 35.5. The Morgan fingerprint density at radius 3 is 2.26 bits per heavy atom. The highest BCUT2D eigenvalue weighted by Gasteiger charge is 2.59. The second-order valence-electron chi connectivity index (χ2n) is 8.79. The minimum absolute atomic E-state index is 0.0740. The standard InChI is InChI=1S/C22H18Cl3F6N3O/c23-14-7-13(8-15(24)17(14)25)20(22(29,30)31)5-6-34(10-20)19-32-9-12(18(33-19)21(26,27)28)3-4-16(35)11-1-2-11/h7-9,11H,1-6,10H2. The highest BCUT2D eigenvalue weighted by Crippen LogP contribution is 2.50. The van der Waals surface area contributed by atoms with Crippen LogP contribution in [0.1, 0.15) is 42.5 Å². The van der Waals surface area contributed by atoms with Crippen molar-refractivity contribution in [3.05, 3.63) is 50.2 Å². The van der Waals surface area contributed by atoms with E-state index >= 15 is 0 Å². The number of benzene rings is 1. The average Bonchev–Trinajstić information content (AvgIpc) is 3.51. The van der Waals surface area contributed by atoms with Crippen molar-refractivity contribution < 1.29 is 31.1 Å². The summed E-state index contributed by atoms with van der Waals surface area (Å²) in [7, 11) is 0. The van der Waals surface area contributed by atoms with Crippen LogP contribution in [0.15, 0.2) is 18.3 Å². The number of ketones is 1. The Kier molecular flexibility index (Phi) is 6.96. The van der Waals surface area contributed by atoms with Crippen LogP contribution >= 0.6 is 34.8 Å². The van der Waals surface area contributed by atoms with Crippen LogP contribution in [0.4, 0.5) is 32.3 Å². The van der Waals surface area contributed by atoms with Crippen LogP contribution < -0.4 is 4.90 Å². The zero-order chi connectivity index (χ0) is 25.8. The van der Waals surface area contributed by atoms with Crippen LogP contribution in [-0.2, 0) is 22.8 Å². The summed E-state index contributed by atoms with van der Waals surface area (Å²) in [6.07, 6.45) is -7.98. The molecule has 0 amide bonds. The number of aryl methyl sites for hydroxylation is 1. The van der Waals surface area contributed by atoms with E-state index in [4.69, 9.17) is 34.8 Å². The maximum Gasteiger partial charge on any atom is 0.433 e. The molecule has 4 nitrogen and oxygen atoms in total. The lowest BCUT2D eigenvalue weighted by molar-refractivity contribution is -0.184. The molecule has 2 heterocycles. The van der Waals surface area contributed by atoms with E-state index in [0.29, 0.717) is 0 Å². The normalized spacial score (nSPS) is 21.0. The lowest BCUT2D eigenvalue weighted by Gasteiger charge is -2.32. The maximum absolute atomic E-state index is 14.3. The summed E-state index contributed by atoms with van der Waals surface area (Å²) in [6.45, 7) is -0.990. The first-order valence-electron chi connectivity index (χ1n) is 10.7. The monoisotopic (exact) mass is 559 g/mol. The van der Waals surface area contributed by atoms with Crippen molar-refractivity contribution in [3.8, 4) is 0 Å². The topological polar surface area (TPSA) is 46.1 Å². The molecule has 2 fully saturated rings. The van der Waals surface area contributed by atoms with Crippen LogP contribution in [-0.4, -0.2) is 35.0 Å². The predicted molar refractivity (Wildman–Crippen MR) is 119 cm³/mol. The van der Waals surface area contributed by atoms with Gasteiger partial charge in [-0.15, -0.1) is 0 Å². The molecule has 0 bridgehead atoms. The van der Waals surface area contributed by atoms with Crippen LogP contribution in [0.2, 0.25) is 15.1 Å². The fourth-order valence-electron chi connectivity index (χ4n) is 4.29. The van der Waals surface area contributed by atoms with E-state index < -0.39 is 42.4 Å². The second kappa shape index (κ2) is 9.27. The van der Waals surface area contributed by atoms with Crippen LogP contribution in [0, 0.1) is 5.92 Å². The Morgan fingerprint density at radius 2 is 1.71 bits per heavy atom. The van der Waals surface area contributed by atoms with Crippen molar-refractivity contribution in [2.75, 3.05) is 18.0 Å². The van der Waals surface area contributed by atoms with Gasteiger partial charge in [-0.2, -0.15) is 26.3 Å². The van der Waals surface area contributed by atoms with E-state index in [1.54, 1.807) is 0 Å². The molecule has 1 aliphatic heterocycles. The molecule has 1 saturated heterocycles. The number of aromatic nitrogens is 2. The number of nitrogens with zero attached hydrogens (tertiary/aromatic N) is 3. The van der Waals surface area contributed by atoms with Gasteiger partial charge in [-0.25, -0.2) is 9.97 Å². The third kappa shape index (κ3) is 5.20. The second-order valence-corrected chi connectivity index (χ2v) is 9.98. The van der Waals surface area contributed by atoms with E-state index in [1.165, 1.54) is 0 Å². The summed E-state index contributed by atoms with van der Waals surface area (Å²) < 4.78 is 84.2. The number of alkyl halides is 6. The molecule has 35 heavy (non-hydrogen) atoms. The fourth-order valence-corrected chi connectivity index (χ4v) is 4.88. The van der Waals surface area contributed by atoms with Crippen molar-refractivity contribution in [1.82, 2.24) is 9.97 Å². The molecule has 190 valence electrons. The predicted octanol–water partition coefficient (Wildman–Crippen LogP) is 7.08. The molecule has 0 radical (unpaired) electrons. The van der Waals surface area contributed by atoms with E-state index in [-0.39, 0.29) is 57.3 Å². The molecule has 1 unspecified atom stereocenters. The van der Waals surface area contributed by atoms with Gasteiger partial charge in [0.15, 0.2) is 5.69 Å². The quantitative estimate of drug-likeness (QED) is 0.280. The number of rotatable bonds is 6. The Balaban J connectivity index is 1.65. The first-order valence-corrected chi connectivity index (χ1v) is 11.8. The van der Waals surface area contributed by atoms with Crippen molar-refractivity contribution in [3.63, 3.8) is 0 Å². The summed E-state index contributed by atoms with van der Waals surface area (Å²) in [5, 5.41) is -0.438. The third-order valence-electron chi connectivity index (χ3n) is 6.42. The van der Waals surface area contributed by atoms with E-state index in [2.05, 4.69) is 9.97 Å². The molecule has 2 aliphatic rings. The number of hydrogen-bond acceptors (Lipinski definition) is 4. The molecule has 0 spiro atoms. The fraction of sp³-hybridized carbons (Fsp3) is 0.500.